The second-order valence-electron chi connectivity index (χ2n) is 4.03. The van der Waals surface area contributed by atoms with Crippen LogP contribution >= 0.6 is 11.8 Å². The Hall–Kier alpha value is -1.59. The summed E-state index contributed by atoms with van der Waals surface area (Å²) in [5.41, 5.74) is 7.35. The summed E-state index contributed by atoms with van der Waals surface area (Å²) in [4.78, 5) is 16.2. The molecule has 0 saturated heterocycles. The molecule has 0 unspecified atom stereocenters. The van der Waals surface area contributed by atoms with Gasteiger partial charge in [0, 0.05) is 21.7 Å². The Morgan fingerprint density at radius 2 is 2.22 bits per heavy atom. The number of nitrogens with zero attached hydrogens (tertiary/aromatic N) is 1. The van der Waals surface area contributed by atoms with E-state index in [1.807, 2.05) is 37.3 Å². The third-order valence-electron chi connectivity index (χ3n) is 2.54. The molecule has 0 aliphatic heterocycles. The number of para-hydroxylation sites is 1. The fourth-order valence-corrected chi connectivity index (χ4v) is 2.72. The van der Waals surface area contributed by atoms with Gasteiger partial charge in [-0.2, -0.15) is 0 Å². The fourth-order valence-electron chi connectivity index (χ4n) is 1.64. The number of carboxylic acid groups (broad SMARTS) is 1. The number of benzene rings is 1. The summed E-state index contributed by atoms with van der Waals surface area (Å²) in [6.45, 7) is 1.92. The molecule has 1 atom stereocenters. The summed E-state index contributed by atoms with van der Waals surface area (Å²) in [7, 11) is 0. The highest BCUT2D eigenvalue weighted by molar-refractivity contribution is 7.99. The Kier molecular flexibility index (Phi) is 3.84. The molecule has 0 amide bonds. The van der Waals surface area contributed by atoms with Gasteiger partial charge in [0.15, 0.2) is 0 Å². The summed E-state index contributed by atoms with van der Waals surface area (Å²) in [6.07, 6.45) is 0. The Morgan fingerprint density at radius 3 is 2.94 bits per heavy atom. The van der Waals surface area contributed by atoms with Gasteiger partial charge in [0.1, 0.15) is 6.04 Å². The van der Waals surface area contributed by atoms with Gasteiger partial charge in [-0.05, 0) is 19.1 Å². The van der Waals surface area contributed by atoms with Crippen LogP contribution in [0.1, 0.15) is 5.69 Å². The van der Waals surface area contributed by atoms with Crippen LogP contribution in [0.3, 0.4) is 0 Å². The molecule has 2 rings (SSSR count). The Labute approximate surface area is 109 Å². The highest BCUT2D eigenvalue weighted by atomic mass is 32.2. The number of fused-ring (bicyclic) bond motifs is 1. The van der Waals surface area contributed by atoms with Gasteiger partial charge in [0.05, 0.1) is 5.52 Å². The van der Waals surface area contributed by atoms with Crippen LogP contribution in [0.4, 0.5) is 0 Å². The number of thioether (sulfide) groups is 1. The summed E-state index contributed by atoms with van der Waals surface area (Å²) in [5, 5.41) is 9.81. The number of aromatic nitrogens is 1. The lowest BCUT2D eigenvalue weighted by molar-refractivity contribution is -0.137. The molecule has 0 radical (unpaired) electrons. The maximum absolute atomic E-state index is 10.7. The van der Waals surface area contributed by atoms with Crippen LogP contribution in [0.2, 0.25) is 0 Å². The van der Waals surface area contributed by atoms with Crippen molar-refractivity contribution in [1.82, 2.24) is 4.98 Å². The zero-order chi connectivity index (χ0) is 13.1. The van der Waals surface area contributed by atoms with Crippen LogP contribution in [-0.4, -0.2) is 27.9 Å². The van der Waals surface area contributed by atoms with Gasteiger partial charge in [0.2, 0.25) is 0 Å². The molecule has 0 aliphatic rings. The summed E-state index contributed by atoms with van der Waals surface area (Å²) >= 11 is 1.45. The van der Waals surface area contributed by atoms with E-state index in [0.717, 1.165) is 21.5 Å². The van der Waals surface area contributed by atoms with Crippen molar-refractivity contribution in [3.8, 4) is 0 Å². The average Bonchev–Trinajstić information content (AvgIpc) is 2.35. The van der Waals surface area contributed by atoms with Gasteiger partial charge in [-0.3, -0.25) is 9.78 Å². The number of hydrogen-bond donors (Lipinski definition) is 2. The molecule has 1 aromatic carbocycles. The van der Waals surface area contributed by atoms with Crippen molar-refractivity contribution in [1.29, 1.82) is 0 Å². The van der Waals surface area contributed by atoms with Gasteiger partial charge in [0.25, 0.3) is 0 Å². The van der Waals surface area contributed by atoms with Crippen molar-refractivity contribution in [2.75, 3.05) is 5.75 Å². The number of pyridine rings is 1. The molecule has 0 aliphatic carbocycles. The largest absolute Gasteiger partial charge is 0.480 e. The minimum Gasteiger partial charge on any atom is -0.480 e. The summed E-state index contributed by atoms with van der Waals surface area (Å²) in [5.74, 6) is -0.624. The lowest BCUT2D eigenvalue weighted by atomic mass is 10.2. The zero-order valence-electron chi connectivity index (χ0n) is 9.96. The minimum atomic E-state index is -0.974. The molecule has 94 valence electrons. The first kappa shape index (κ1) is 12.9. The van der Waals surface area contributed by atoms with Crippen molar-refractivity contribution in [2.45, 2.75) is 17.9 Å². The maximum Gasteiger partial charge on any atom is 0.321 e. The lowest BCUT2D eigenvalue weighted by Gasteiger charge is -2.09. The fraction of sp³-hybridized carbons (Fsp3) is 0.231. The molecule has 0 bridgehead atoms. The third kappa shape index (κ3) is 2.80. The highest BCUT2D eigenvalue weighted by Gasteiger charge is 2.13. The van der Waals surface area contributed by atoms with Gasteiger partial charge < -0.3 is 10.8 Å². The maximum atomic E-state index is 10.7. The topological polar surface area (TPSA) is 76.2 Å². The monoisotopic (exact) mass is 262 g/mol. The van der Waals surface area contributed by atoms with Gasteiger partial charge in [-0.25, -0.2) is 0 Å². The van der Waals surface area contributed by atoms with E-state index in [1.54, 1.807) is 0 Å². The highest BCUT2D eigenvalue weighted by Crippen LogP contribution is 2.27. The van der Waals surface area contributed by atoms with Crippen molar-refractivity contribution in [3.63, 3.8) is 0 Å². The number of carbonyl (C=O) groups is 1. The van der Waals surface area contributed by atoms with Crippen molar-refractivity contribution in [2.24, 2.45) is 5.73 Å². The first-order valence-electron chi connectivity index (χ1n) is 5.55. The standard InChI is InChI=1S/C13H14N2O2S/c1-8-6-12(18-7-10(14)13(16)17)9-4-2-3-5-11(9)15-8/h2-6,10H,7,14H2,1H3,(H,16,17)/t10-/m1/s1. The Bertz CT molecular complexity index is 586. The second kappa shape index (κ2) is 5.37. The molecule has 0 spiro atoms. The van der Waals surface area contributed by atoms with Crippen LogP contribution in [0.25, 0.3) is 10.9 Å². The van der Waals surface area contributed by atoms with E-state index in [9.17, 15) is 4.79 Å². The molecular formula is C13H14N2O2S. The number of carboxylic acids is 1. The molecule has 1 aromatic heterocycles. The van der Waals surface area contributed by atoms with Crippen LogP contribution < -0.4 is 5.73 Å². The SMILES string of the molecule is Cc1cc(SC[C@@H](N)C(=O)O)c2ccccc2n1. The Morgan fingerprint density at radius 1 is 1.50 bits per heavy atom. The van der Waals surface area contributed by atoms with E-state index < -0.39 is 12.0 Å². The van der Waals surface area contributed by atoms with Crippen LogP contribution in [0, 0.1) is 6.92 Å². The van der Waals surface area contributed by atoms with E-state index in [0.29, 0.717) is 5.75 Å². The van der Waals surface area contributed by atoms with E-state index in [4.69, 9.17) is 10.8 Å². The van der Waals surface area contributed by atoms with E-state index in [-0.39, 0.29) is 0 Å². The van der Waals surface area contributed by atoms with E-state index >= 15 is 0 Å². The number of aryl methyl sites for hydroxylation is 1. The van der Waals surface area contributed by atoms with Crippen molar-refractivity contribution < 1.29 is 9.90 Å². The van der Waals surface area contributed by atoms with Crippen LogP contribution in [0.15, 0.2) is 35.2 Å². The Balaban J connectivity index is 2.29. The molecule has 4 nitrogen and oxygen atoms in total. The van der Waals surface area contributed by atoms with Gasteiger partial charge >= 0.3 is 5.97 Å². The van der Waals surface area contributed by atoms with Gasteiger partial charge in [-0.1, -0.05) is 18.2 Å². The van der Waals surface area contributed by atoms with Gasteiger partial charge in [-0.15, -0.1) is 11.8 Å². The second-order valence-corrected chi connectivity index (χ2v) is 5.10. The smallest absolute Gasteiger partial charge is 0.321 e. The predicted octanol–water partition coefficient (Wildman–Crippen LogP) is 2.05. The molecule has 0 fully saturated rings. The predicted molar refractivity (Wildman–Crippen MR) is 72.8 cm³/mol. The molecule has 1 heterocycles. The van der Waals surface area contributed by atoms with E-state index in [2.05, 4.69) is 4.98 Å². The first-order chi connectivity index (χ1) is 8.58. The minimum absolute atomic E-state index is 0.350. The normalized spacial score (nSPS) is 12.6. The molecular weight excluding hydrogens is 248 g/mol. The number of rotatable bonds is 4. The molecule has 3 N–H and O–H groups in total. The number of aliphatic carboxylic acids is 1. The van der Waals surface area contributed by atoms with Crippen LogP contribution in [-0.2, 0) is 4.79 Å². The van der Waals surface area contributed by atoms with Crippen molar-refractivity contribution in [3.05, 3.63) is 36.0 Å². The number of hydrogen-bond acceptors (Lipinski definition) is 4. The summed E-state index contributed by atoms with van der Waals surface area (Å²) in [6, 6.07) is 8.93. The summed E-state index contributed by atoms with van der Waals surface area (Å²) < 4.78 is 0. The number of nitrogens with two attached hydrogens (primary N) is 1. The molecule has 0 saturated carbocycles. The zero-order valence-corrected chi connectivity index (χ0v) is 10.8. The molecule has 5 heteroatoms. The van der Waals surface area contributed by atoms with Crippen LogP contribution in [0.5, 0.6) is 0 Å². The first-order valence-corrected chi connectivity index (χ1v) is 6.54. The van der Waals surface area contributed by atoms with Crippen molar-refractivity contribution >= 4 is 28.6 Å². The lowest BCUT2D eigenvalue weighted by Crippen LogP contribution is -2.32. The molecule has 18 heavy (non-hydrogen) atoms. The third-order valence-corrected chi connectivity index (χ3v) is 3.72. The average molecular weight is 262 g/mol. The van der Waals surface area contributed by atoms with E-state index in [1.165, 1.54) is 11.8 Å². The molecule has 2 aromatic rings. The quantitative estimate of drug-likeness (QED) is 0.825.